The highest BCUT2D eigenvalue weighted by atomic mass is 16.5. The molecule has 0 aromatic heterocycles. The number of carbonyl (C=O) groups is 1. The van der Waals surface area contributed by atoms with Crippen LogP contribution in [0.1, 0.15) is 12.0 Å². The topological polar surface area (TPSA) is 73.6 Å². The molecule has 0 aliphatic carbocycles. The molecule has 0 atom stereocenters. The Balaban J connectivity index is 2.22. The van der Waals surface area contributed by atoms with E-state index < -0.39 is 0 Å². The number of amides is 1. The molecule has 1 rings (SSSR count). The first kappa shape index (κ1) is 14.6. The molecule has 0 fully saturated rings. The molecule has 5 nitrogen and oxygen atoms in total. The van der Waals surface area contributed by atoms with Crippen LogP contribution in [0.5, 0.6) is 0 Å². The fraction of sp³-hybridized carbons (Fsp3) is 0.462. The Bertz CT molecular complexity index is 352. The number of methoxy groups -OCH3 is 1. The van der Waals surface area contributed by atoms with Crippen molar-refractivity contribution in [3.8, 4) is 0 Å². The van der Waals surface area contributed by atoms with Crippen molar-refractivity contribution in [1.82, 2.24) is 0 Å². The van der Waals surface area contributed by atoms with Crippen LogP contribution in [0, 0.1) is 0 Å². The maximum atomic E-state index is 11.6. The van der Waals surface area contributed by atoms with E-state index in [1.165, 1.54) is 0 Å². The molecule has 0 saturated carbocycles. The Morgan fingerprint density at radius 2 is 1.94 bits per heavy atom. The second kappa shape index (κ2) is 8.63. The van der Waals surface area contributed by atoms with Gasteiger partial charge in [0.05, 0.1) is 26.2 Å². The third-order valence-electron chi connectivity index (χ3n) is 2.38. The number of hydrogen-bond acceptors (Lipinski definition) is 4. The van der Waals surface area contributed by atoms with Crippen molar-refractivity contribution in [3.05, 3.63) is 29.8 Å². The molecule has 0 bridgehead atoms. The first-order valence-corrected chi connectivity index (χ1v) is 5.92. The van der Waals surface area contributed by atoms with Crippen LogP contribution >= 0.6 is 0 Å². The number of nitrogens with two attached hydrogens (primary N) is 1. The first-order valence-electron chi connectivity index (χ1n) is 5.92. The molecule has 18 heavy (non-hydrogen) atoms. The van der Waals surface area contributed by atoms with Gasteiger partial charge in [-0.1, -0.05) is 12.1 Å². The number of hydrogen-bond donors (Lipinski definition) is 2. The minimum atomic E-state index is -0.0621. The van der Waals surface area contributed by atoms with E-state index in [0.29, 0.717) is 32.8 Å². The van der Waals surface area contributed by atoms with Gasteiger partial charge in [0, 0.05) is 19.3 Å². The number of benzene rings is 1. The van der Waals surface area contributed by atoms with Crippen LogP contribution in [0.4, 0.5) is 5.69 Å². The lowest BCUT2D eigenvalue weighted by Crippen LogP contribution is -2.15. The molecule has 1 amide bonds. The van der Waals surface area contributed by atoms with Crippen LogP contribution in [-0.2, 0) is 20.8 Å². The molecule has 0 aliphatic rings. The fourth-order valence-corrected chi connectivity index (χ4v) is 1.36. The Kier molecular flexibility index (Phi) is 7.01. The van der Waals surface area contributed by atoms with E-state index in [4.69, 9.17) is 15.2 Å². The lowest BCUT2D eigenvalue weighted by atomic mass is 10.2. The zero-order valence-corrected chi connectivity index (χ0v) is 10.6. The number of ether oxygens (including phenoxy) is 2. The Hall–Kier alpha value is -1.43. The van der Waals surface area contributed by atoms with E-state index in [-0.39, 0.29) is 5.91 Å². The molecular weight excluding hydrogens is 232 g/mol. The third-order valence-corrected chi connectivity index (χ3v) is 2.38. The lowest BCUT2D eigenvalue weighted by molar-refractivity contribution is -0.117. The molecule has 1 aromatic rings. The smallest absolute Gasteiger partial charge is 0.226 e. The van der Waals surface area contributed by atoms with E-state index in [1.54, 1.807) is 7.11 Å². The van der Waals surface area contributed by atoms with Gasteiger partial charge in [0.15, 0.2) is 0 Å². The van der Waals surface area contributed by atoms with Gasteiger partial charge in [-0.3, -0.25) is 4.79 Å². The molecule has 100 valence electrons. The fourth-order valence-electron chi connectivity index (χ4n) is 1.36. The second-order valence-electron chi connectivity index (χ2n) is 3.80. The van der Waals surface area contributed by atoms with Crippen LogP contribution in [0.2, 0.25) is 0 Å². The summed E-state index contributed by atoms with van der Waals surface area (Å²) < 4.78 is 10.0. The van der Waals surface area contributed by atoms with E-state index in [1.807, 2.05) is 24.3 Å². The maximum Gasteiger partial charge on any atom is 0.226 e. The molecule has 0 spiro atoms. The molecule has 1 aromatic carbocycles. The van der Waals surface area contributed by atoms with Gasteiger partial charge < -0.3 is 20.5 Å². The summed E-state index contributed by atoms with van der Waals surface area (Å²) >= 11 is 0. The van der Waals surface area contributed by atoms with Crippen molar-refractivity contribution >= 4 is 11.6 Å². The third kappa shape index (κ3) is 5.77. The number of rotatable bonds is 8. The molecule has 0 heterocycles. The zero-order chi connectivity index (χ0) is 13.2. The van der Waals surface area contributed by atoms with Gasteiger partial charge in [-0.15, -0.1) is 0 Å². The van der Waals surface area contributed by atoms with Crippen LogP contribution in [-0.4, -0.2) is 32.8 Å². The average Bonchev–Trinajstić information content (AvgIpc) is 2.39. The lowest BCUT2D eigenvalue weighted by Gasteiger charge is -2.06. The van der Waals surface area contributed by atoms with Crippen LogP contribution in [0.25, 0.3) is 0 Å². The highest BCUT2D eigenvalue weighted by Gasteiger charge is 2.02. The zero-order valence-electron chi connectivity index (χ0n) is 10.6. The van der Waals surface area contributed by atoms with Gasteiger partial charge in [0.2, 0.25) is 5.91 Å². The monoisotopic (exact) mass is 252 g/mol. The Morgan fingerprint density at radius 3 is 2.56 bits per heavy atom. The van der Waals surface area contributed by atoms with Gasteiger partial charge in [-0.05, 0) is 17.7 Å². The molecule has 3 N–H and O–H groups in total. The van der Waals surface area contributed by atoms with E-state index in [2.05, 4.69) is 5.32 Å². The van der Waals surface area contributed by atoms with Gasteiger partial charge in [0.25, 0.3) is 0 Å². The van der Waals surface area contributed by atoms with Crippen molar-refractivity contribution in [2.45, 2.75) is 13.0 Å². The van der Waals surface area contributed by atoms with Gasteiger partial charge in [-0.2, -0.15) is 0 Å². The first-order chi connectivity index (χ1) is 8.76. The largest absolute Gasteiger partial charge is 0.382 e. The van der Waals surface area contributed by atoms with Crippen LogP contribution in [0.3, 0.4) is 0 Å². The molecule has 0 radical (unpaired) electrons. The summed E-state index contributed by atoms with van der Waals surface area (Å²) in [5.41, 5.74) is 7.30. The summed E-state index contributed by atoms with van der Waals surface area (Å²) in [5, 5.41) is 2.79. The van der Waals surface area contributed by atoms with Crippen molar-refractivity contribution in [3.63, 3.8) is 0 Å². The number of nitrogens with one attached hydrogen (secondary N) is 1. The SMILES string of the molecule is COCCOCCC(=O)Nc1ccc(CN)cc1. The van der Waals surface area contributed by atoms with E-state index >= 15 is 0 Å². The van der Waals surface area contributed by atoms with Gasteiger partial charge >= 0.3 is 0 Å². The van der Waals surface area contributed by atoms with E-state index in [9.17, 15) is 4.79 Å². The number of carbonyl (C=O) groups excluding carboxylic acids is 1. The predicted octanol–water partition coefficient (Wildman–Crippen LogP) is 1.14. The van der Waals surface area contributed by atoms with Gasteiger partial charge in [0.1, 0.15) is 0 Å². The highest BCUT2D eigenvalue weighted by Crippen LogP contribution is 2.09. The highest BCUT2D eigenvalue weighted by molar-refractivity contribution is 5.90. The quantitative estimate of drug-likeness (QED) is 0.680. The Morgan fingerprint density at radius 1 is 1.22 bits per heavy atom. The van der Waals surface area contributed by atoms with Crippen LogP contribution < -0.4 is 11.1 Å². The molecule has 0 saturated heterocycles. The Labute approximate surface area is 107 Å². The molecule has 0 unspecified atom stereocenters. The summed E-state index contributed by atoms with van der Waals surface area (Å²) in [6, 6.07) is 7.47. The summed E-state index contributed by atoms with van der Waals surface area (Å²) in [5.74, 6) is -0.0621. The number of anilines is 1. The summed E-state index contributed by atoms with van der Waals surface area (Å²) in [7, 11) is 1.61. The molecule has 0 aliphatic heterocycles. The second-order valence-corrected chi connectivity index (χ2v) is 3.80. The van der Waals surface area contributed by atoms with Gasteiger partial charge in [-0.25, -0.2) is 0 Å². The minimum absolute atomic E-state index is 0.0621. The molecule has 5 heteroatoms. The van der Waals surface area contributed by atoms with Crippen LogP contribution in [0.15, 0.2) is 24.3 Å². The summed E-state index contributed by atoms with van der Waals surface area (Å²) in [6.07, 6.45) is 0.336. The predicted molar refractivity (Wildman–Crippen MR) is 70.3 cm³/mol. The maximum absolute atomic E-state index is 11.6. The molecular formula is C13H20N2O3. The van der Waals surface area contributed by atoms with Crippen molar-refractivity contribution in [2.75, 3.05) is 32.2 Å². The van der Waals surface area contributed by atoms with Crippen molar-refractivity contribution < 1.29 is 14.3 Å². The standard InChI is InChI=1S/C13H20N2O3/c1-17-8-9-18-7-6-13(16)15-12-4-2-11(10-14)3-5-12/h2-5H,6-10,14H2,1H3,(H,15,16). The minimum Gasteiger partial charge on any atom is -0.382 e. The normalized spacial score (nSPS) is 10.3. The van der Waals surface area contributed by atoms with Crippen molar-refractivity contribution in [1.29, 1.82) is 0 Å². The summed E-state index contributed by atoms with van der Waals surface area (Å²) in [6.45, 7) is 1.95. The van der Waals surface area contributed by atoms with E-state index in [0.717, 1.165) is 11.3 Å². The summed E-state index contributed by atoms with van der Waals surface area (Å²) in [4.78, 5) is 11.6. The van der Waals surface area contributed by atoms with Crippen molar-refractivity contribution in [2.24, 2.45) is 5.73 Å². The average molecular weight is 252 g/mol.